The smallest absolute Gasteiger partial charge is 0.410 e. The van der Waals surface area contributed by atoms with Crippen LogP contribution in [0.3, 0.4) is 0 Å². The molecule has 1 aromatic rings. The first-order chi connectivity index (χ1) is 9.45. The Kier molecular flexibility index (Phi) is 5.77. The summed E-state index contributed by atoms with van der Waals surface area (Å²) in [6, 6.07) is 6.56. The summed E-state index contributed by atoms with van der Waals surface area (Å²) >= 11 is 0. The number of carboxylic acid groups (broad SMARTS) is 1. The molecule has 1 atom stereocenters. The number of likely N-dealkylation sites (N-methyl/N-ethyl adjacent to an activating group) is 1. The first-order valence-electron chi connectivity index (χ1n) is 6.24. The lowest BCUT2D eigenvalue weighted by molar-refractivity contribution is -0.142. The molecule has 0 radical (unpaired) electrons. The van der Waals surface area contributed by atoms with Crippen LogP contribution in [-0.4, -0.2) is 41.8 Å². The third kappa shape index (κ3) is 4.42. The van der Waals surface area contributed by atoms with E-state index < -0.39 is 18.1 Å². The summed E-state index contributed by atoms with van der Waals surface area (Å²) in [6.07, 6.45) is 0.987. The molecule has 0 saturated carbocycles. The predicted molar refractivity (Wildman–Crippen MR) is 75.6 cm³/mol. The number of hydrogen-bond donors (Lipinski definition) is 1. The van der Waals surface area contributed by atoms with Gasteiger partial charge < -0.3 is 9.84 Å². The Hall–Kier alpha value is -2.30. The summed E-state index contributed by atoms with van der Waals surface area (Å²) in [4.78, 5) is 24.1. The van der Waals surface area contributed by atoms with Crippen LogP contribution < -0.4 is 0 Å². The van der Waals surface area contributed by atoms with E-state index in [1.165, 1.54) is 13.1 Å². The molecule has 0 unspecified atom stereocenters. The molecule has 0 bridgehead atoms. The molecule has 5 heteroatoms. The highest BCUT2D eigenvalue weighted by Gasteiger charge is 2.27. The second-order valence-corrected chi connectivity index (χ2v) is 4.52. The van der Waals surface area contributed by atoms with Gasteiger partial charge in [-0.3, -0.25) is 4.90 Å². The SMILES string of the molecule is C=CCOC(=O)N(C)[C@@H](Cc1ccc(C)cc1)C(=O)O. The second kappa shape index (κ2) is 7.33. The molecule has 0 saturated heterocycles. The minimum absolute atomic E-state index is 0.0556. The number of amides is 1. The Balaban J connectivity index is 2.78. The lowest BCUT2D eigenvalue weighted by atomic mass is 10.0. The molecule has 1 aromatic carbocycles. The highest BCUT2D eigenvalue weighted by Crippen LogP contribution is 2.11. The monoisotopic (exact) mass is 277 g/mol. The molecule has 0 aliphatic heterocycles. The van der Waals surface area contributed by atoms with Crippen LogP contribution in [0, 0.1) is 6.92 Å². The molecule has 5 nitrogen and oxygen atoms in total. The number of carboxylic acids is 1. The first kappa shape index (κ1) is 15.8. The fraction of sp³-hybridized carbons (Fsp3) is 0.333. The maximum atomic E-state index is 11.7. The van der Waals surface area contributed by atoms with Crippen LogP contribution in [0.1, 0.15) is 11.1 Å². The van der Waals surface area contributed by atoms with Crippen LogP contribution in [-0.2, 0) is 16.0 Å². The fourth-order valence-electron chi connectivity index (χ4n) is 1.70. The van der Waals surface area contributed by atoms with Crippen LogP contribution in [0.15, 0.2) is 36.9 Å². The summed E-state index contributed by atoms with van der Waals surface area (Å²) in [5.41, 5.74) is 1.95. The molecule has 0 aliphatic carbocycles. The maximum Gasteiger partial charge on any atom is 0.410 e. The predicted octanol–water partition coefficient (Wildman–Crippen LogP) is 2.25. The number of nitrogens with zero attached hydrogens (tertiary/aromatic N) is 1. The van der Waals surface area contributed by atoms with E-state index in [4.69, 9.17) is 4.74 Å². The summed E-state index contributed by atoms with van der Waals surface area (Å²) < 4.78 is 4.85. The molecule has 1 amide bonds. The van der Waals surface area contributed by atoms with Gasteiger partial charge in [-0.2, -0.15) is 0 Å². The third-order valence-electron chi connectivity index (χ3n) is 2.91. The zero-order chi connectivity index (χ0) is 15.1. The average molecular weight is 277 g/mol. The van der Waals surface area contributed by atoms with Gasteiger partial charge in [0.1, 0.15) is 12.6 Å². The molecular weight excluding hydrogens is 258 g/mol. The van der Waals surface area contributed by atoms with Crippen molar-refractivity contribution >= 4 is 12.1 Å². The van der Waals surface area contributed by atoms with Crippen molar-refractivity contribution in [2.24, 2.45) is 0 Å². The van der Waals surface area contributed by atoms with Crippen molar-refractivity contribution in [1.29, 1.82) is 0 Å². The number of rotatable bonds is 6. The maximum absolute atomic E-state index is 11.7. The van der Waals surface area contributed by atoms with Gasteiger partial charge in [0, 0.05) is 13.5 Å². The third-order valence-corrected chi connectivity index (χ3v) is 2.91. The summed E-state index contributed by atoms with van der Waals surface area (Å²) in [5.74, 6) is -1.07. The zero-order valence-corrected chi connectivity index (χ0v) is 11.7. The van der Waals surface area contributed by atoms with E-state index in [2.05, 4.69) is 6.58 Å². The standard InChI is InChI=1S/C15H19NO4/c1-4-9-20-15(19)16(3)13(14(17)18)10-12-7-5-11(2)6-8-12/h4-8,13H,1,9-10H2,2-3H3,(H,17,18)/t13-/m0/s1. The van der Waals surface area contributed by atoms with E-state index >= 15 is 0 Å². The van der Waals surface area contributed by atoms with Crippen LogP contribution in [0.4, 0.5) is 4.79 Å². The van der Waals surface area contributed by atoms with E-state index in [-0.39, 0.29) is 13.0 Å². The first-order valence-corrected chi connectivity index (χ1v) is 6.24. The van der Waals surface area contributed by atoms with Crippen molar-refractivity contribution in [2.75, 3.05) is 13.7 Å². The molecule has 20 heavy (non-hydrogen) atoms. The fourth-order valence-corrected chi connectivity index (χ4v) is 1.70. The Morgan fingerprint density at radius 2 is 2.00 bits per heavy atom. The van der Waals surface area contributed by atoms with Crippen molar-refractivity contribution in [1.82, 2.24) is 4.90 Å². The number of aryl methyl sites for hydroxylation is 1. The van der Waals surface area contributed by atoms with E-state index in [1.54, 1.807) is 0 Å². The van der Waals surface area contributed by atoms with E-state index in [9.17, 15) is 14.7 Å². The summed E-state index contributed by atoms with van der Waals surface area (Å²) in [7, 11) is 1.42. The Bertz CT molecular complexity index is 481. The van der Waals surface area contributed by atoms with Crippen LogP contribution in [0.5, 0.6) is 0 Å². The van der Waals surface area contributed by atoms with E-state index in [0.29, 0.717) is 0 Å². The van der Waals surface area contributed by atoms with Gasteiger partial charge in [0.15, 0.2) is 0 Å². The summed E-state index contributed by atoms with van der Waals surface area (Å²) in [6.45, 7) is 5.45. The highest BCUT2D eigenvalue weighted by atomic mass is 16.6. The number of hydrogen-bond acceptors (Lipinski definition) is 3. The number of carbonyl (C=O) groups excluding carboxylic acids is 1. The van der Waals surface area contributed by atoms with Gasteiger partial charge >= 0.3 is 12.1 Å². The van der Waals surface area contributed by atoms with Gasteiger partial charge in [-0.1, -0.05) is 42.5 Å². The highest BCUT2D eigenvalue weighted by molar-refractivity contribution is 5.80. The number of carbonyl (C=O) groups is 2. The van der Waals surface area contributed by atoms with Crippen LogP contribution >= 0.6 is 0 Å². The van der Waals surface area contributed by atoms with Crippen molar-refractivity contribution in [2.45, 2.75) is 19.4 Å². The Morgan fingerprint density at radius 1 is 1.40 bits per heavy atom. The normalized spacial score (nSPS) is 11.5. The van der Waals surface area contributed by atoms with Gasteiger partial charge in [0.2, 0.25) is 0 Å². The van der Waals surface area contributed by atoms with Gasteiger partial charge in [-0.25, -0.2) is 9.59 Å². The van der Waals surface area contributed by atoms with Gasteiger partial charge in [0.05, 0.1) is 0 Å². The van der Waals surface area contributed by atoms with Crippen molar-refractivity contribution in [3.63, 3.8) is 0 Å². The van der Waals surface area contributed by atoms with Crippen molar-refractivity contribution < 1.29 is 19.4 Å². The van der Waals surface area contributed by atoms with Crippen molar-refractivity contribution in [3.05, 3.63) is 48.0 Å². The largest absolute Gasteiger partial charge is 0.480 e. The van der Waals surface area contributed by atoms with Gasteiger partial charge in [0.25, 0.3) is 0 Å². The Morgan fingerprint density at radius 3 is 2.50 bits per heavy atom. The average Bonchev–Trinajstić information content (AvgIpc) is 2.43. The molecule has 1 N–H and O–H groups in total. The topological polar surface area (TPSA) is 66.8 Å². The molecule has 1 rings (SSSR count). The molecule has 0 spiro atoms. The Labute approximate surface area is 118 Å². The van der Waals surface area contributed by atoms with E-state index in [1.807, 2.05) is 31.2 Å². The minimum Gasteiger partial charge on any atom is -0.480 e. The van der Waals surface area contributed by atoms with E-state index in [0.717, 1.165) is 16.0 Å². The molecular formula is C15H19NO4. The molecule has 108 valence electrons. The zero-order valence-electron chi connectivity index (χ0n) is 11.7. The quantitative estimate of drug-likeness (QED) is 0.810. The lowest BCUT2D eigenvalue weighted by Crippen LogP contribution is -2.44. The molecule has 0 fully saturated rings. The summed E-state index contributed by atoms with van der Waals surface area (Å²) in [5, 5.41) is 9.26. The lowest BCUT2D eigenvalue weighted by Gasteiger charge is -2.24. The minimum atomic E-state index is -1.07. The number of ether oxygens (including phenoxy) is 1. The van der Waals surface area contributed by atoms with Gasteiger partial charge in [-0.05, 0) is 12.5 Å². The molecule has 0 aliphatic rings. The van der Waals surface area contributed by atoms with Crippen molar-refractivity contribution in [3.8, 4) is 0 Å². The number of benzene rings is 1. The van der Waals surface area contributed by atoms with Crippen LogP contribution in [0.2, 0.25) is 0 Å². The molecule has 0 aromatic heterocycles. The number of aliphatic carboxylic acids is 1. The van der Waals surface area contributed by atoms with Gasteiger partial charge in [-0.15, -0.1) is 0 Å². The molecule has 0 heterocycles. The van der Waals surface area contributed by atoms with Crippen LogP contribution in [0.25, 0.3) is 0 Å². The second-order valence-electron chi connectivity index (χ2n) is 4.52.